The van der Waals surface area contributed by atoms with Crippen molar-refractivity contribution in [3.05, 3.63) is 23.6 Å². The van der Waals surface area contributed by atoms with Gasteiger partial charge in [0.05, 0.1) is 36.9 Å². The predicted molar refractivity (Wildman–Crippen MR) is 78.7 cm³/mol. The fourth-order valence-electron chi connectivity index (χ4n) is 1.88. The number of rotatable bonds is 6. The number of carbonyl (C=O) groups is 1. The lowest BCUT2D eigenvalue weighted by Gasteiger charge is -2.09. The standard InChI is InChI=1S/C14H19N3O2S/c1-4-19-13(18)6-5-11-8-20-14(16-11)12-7-15-9-17(12)10(2)3/h7-10H,4-6H2,1-3H3. The van der Waals surface area contributed by atoms with E-state index in [1.54, 1.807) is 11.3 Å². The van der Waals surface area contributed by atoms with E-state index in [1.807, 2.05) is 24.8 Å². The van der Waals surface area contributed by atoms with Crippen LogP contribution in [0.2, 0.25) is 0 Å². The van der Waals surface area contributed by atoms with Gasteiger partial charge in [0.1, 0.15) is 5.01 Å². The maximum Gasteiger partial charge on any atom is 0.306 e. The maximum atomic E-state index is 11.3. The first-order chi connectivity index (χ1) is 9.61. The minimum absolute atomic E-state index is 0.172. The van der Waals surface area contributed by atoms with Crippen LogP contribution in [-0.2, 0) is 16.0 Å². The number of imidazole rings is 1. The molecule has 5 nitrogen and oxygen atoms in total. The van der Waals surface area contributed by atoms with Crippen molar-refractivity contribution in [2.24, 2.45) is 0 Å². The van der Waals surface area contributed by atoms with Crippen LogP contribution in [0, 0.1) is 0 Å². The molecule has 0 aliphatic rings. The molecule has 2 aromatic rings. The van der Waals surface area contributed by atoms with Crippen LogP contribution in [-0.4, -0.2) is 27.1 Å². The molecule has 0 N–H and O–H groups in total. The first kappa shape index (κ1) is 14.7. The Bertz CT molecular complexity index is 574. The van der Waals surface area contributed by atoms with Gasteiger partial charge in [0, 0.05) is 17.8 Å². The molecule has 0 atom stereocenters. The summed E-state index contributed by atoms with van der Waals surface area (Å²) in [4.78, 5) is 20.1. The SMILES string of the molecule is CCOC(=O)CCc1csc(-c2cncn2C(C)C)n1. The van der Waals surface area contributed by atoms with Gasteiger partial charge in [-0.15, -0.1) is 11.3 Å². The van der Waals surface area contributed by atoms with Gasteiger partial charge in [-0.1, -0.05) is 0 Å². The molecule has 2 rings (SSSR count). The molecule has 0 saturated heterocycles. The van der Waals surface area contributed by atoms with Crippen molar-refractivity contribution in [3.8, 4) is 10.7 Å². The van der Waals surface area contributed by atoms with Crippen molar-refractivity contribution in [3.63, 3.8) is 0 Å². The maximum absolute atomic E-state index is 11.3. The number of aromatic nitrogens is 3. The van der Waals surface area contributed by atoms with Crippen molar-refractivity contribution in [2.45, 2.75) is 39.7 Å². The molecule has 0 amide bonds. The molecule has 0 aliphatic heterocycles. The monoisotopic (exact) mass is 293 g/mol. The summed E-state index contributed by atoms with van der Waals surface area (Å²) in [6.07, 6.45) is 4.64. The molecule has 0 bridgehead atoms. The van der Waals surface area contributed by atoms with Crippen LogP contribution in [0.3, 0.4) is 0 Å². The number of hydrogen-bond donors (Lipinski definition) is 0. The molecule has 0 radical (unpaired) electrons. The van der Waals surface area contributed by atoms with Crippen molar-refractivity contribution in [2.75, 3.05) is 6.61 Å². The molecule has 20 heavy (non-hydrogen) atoms. The minimum Gasteiger partial charge on any atom is -0.466 e. The van der Waals surface area contributed by atoms with Crippen LogP contribution < -0.4 is 0 Å². The lowest BCUT2D eigenvalue weighted by Crippen LogP contribution is -2.05. The first-order valence-corrected chi connectivity index (χ1v) is 7.62. The fourth-order valence-corrected chi connectivity index (χ4v) is 2.75. The normalized spacial score (nSPS) is 11.0. The van der Waals surface area contributed by atoms with E-state index in [4.69, 9.17) is 4.74 Å². The summed E-state index contributed by atoms with van der Waals surface area (Å²) < 4.78 is 7.01. The van der Waals surface area contributed by atoms with E-state index in [-0.39, 0.29) is 5.97 Å². The molecule has 0 aromatic carbocycles. The highest BCUT2D eigenvalue weighted by molar-refractivity contribution is 7.13. The second kappa shape index (κ2) is 6.65. The lowest BCUT2D eigenvalue weighted by atomic mass is 10.2. The smallest absolute Gasteiger partial charge is 0.306 e. The number of nitrogens with zero attached hydrogens (tertiary/aromatic N) is 3. The number of ether oxygens (including phenoxy) is 1. The third-order valence-corrected chi connectivity index (χ3v) is 3.80. The summed E-state index contributed by atoms with van der Waals surface area (Å²) in [5.74, 6) is -0.172. The number of carbonyl (C=O) groups excluding carboxylic acids is 1. The van der Waals surface area contributed by atoms with E-state index in [0.29, 0.717) is 25.5 Å². The van der Waals surface area contributed by atoms with Crippen LogP contribution >= 0.6 is 11.3 Å². The van der Waals surface area contributed by atoms with Gasteiger partial charge in [-0.3, -0.25) is 4.79 Å². The Balaban J connectivity index is 2.05. The van der Waals surface area contributed by atoms with E-state index in [0.717, 1.165) is 16.4 Å². The Morgan fingerprint density at radius 3 is 3.00 bits per heavy atom. The largest absolute Gasteiger partial charge is 0.466 e. The first-order valence-electron chi connectivity index (χ1n) is 6.74. The van der Waals surface area contributed by atoms with Gasteiger partial charge in [0.25, 0.3) is 0 Å². The van der Waals surface area contributed by atoms with Gasteiger partial charge in [-0.05, 0) is 20.8 Å². The van der Waals surface area contributed by atoms with Crippen molar-refractivity contribution < 1.29 is 9.53 Å². The Hall–Kier alpha value is -1.69. The summed E-state index contributed by atoms with van der Waals surface area (Å²) >= 11 is 1.58. The highest BCUT2D eigenvalue weighted by Crippen LogP contribution is 2.26. The molecule has 0 saturated carbocycles. The predicted octanol–water partition coefficient (Wildman–Crippen LogP) is 3.08. The highest BCUT2D eigenvalue weighted by Gasteiger charge is 2.12. The molecular formula is C14H19N3O2S. The third kappa shape index (κ3) is 3.45. The quantitative estimate of drug-likeness (QED) is 0.768. The van der Waals surface area contributed by atoms with Gasteiger partial charge >= 0.3 is 5.97 Å². The van der Waals surface area contributed by atoms with Gasteiger partial charge < -0.3 is 9.30 Å². The van der Waals surface area contributed by atoms with Crippen LogP contribution in [0.25, 0.3) is 10.7 Å². The molecule has 6 heteroatoms. The molecule has 2 heterocycles. The molecule has 0 aliphatic carbocycles. The average Bonchev–Trinajstić information content (AvgIpc) is 3.05. The molecule has 108 valence electrons. The van der Waals surface area contributed by atoms with Crippen molar-refractivity contribution in [1.29, 1.82) is 0 Å². The second-order valence-corrected chi connectivity index (χ2v) is 5.59. The number of aryl methyl sites for hydroxylation is 1. The molecule has 0 unspecified atom stereocenters. The van der Waals surface area contributed by atoms with Crippen LogP contribution in [0.5, 0.6) is 0 Å². The average molecular weight is 293 g/mol. The zero-order chi connectivity index (χ0) is 14.5. The number of esters is 1. The molecular weight excluding hydrogens is 274 g/mol. The van der Waals surface area contributed by atoms with E-state index >= 15 is 0 Å². The van der Waals surface area contributed by atoms with Crippen LogP contribution in [0.4, 0.5) is 0 Å². The lowest BCUT2D eigenvalue weighted by molar-refractivity contribution is -0.143. The Morgan fingerprint density at radius 1 is 1.50 bits per heavy atom. The van der Waals surface area contributed by atoms with Crippen molar-refractivity contribution >= 4 is 17.3 Å². The minimum atomic E-state index is -0.172. The van der Waals surface area contributed by atoms with E-state index in [1.165, 1.54) is 0 Å². The van der Waals surface area contributed by atoms with Gasteiger partial charge in [-0.2, -0.15) is 0 Å². The van der Waals surface area contributed by atoms with Gasteiger partial charge in [0.15, 0.2) is 0 Å². The number of thiazole rings is 1. The third-order valence-electron chi connectivity index (χ3n) is 2.88. The molecule has 0 spiro atoms. The van der Waals surface area contributed by atoms with E-state index in [2.05, 4.69) is 28.4 Å². The summed E-state index contributed by atoms with van der Waals surface area (Å²) in [5.41, 5.74) is 1.95. The summed E-state index contributed by atoms with van der Waals surface area (Å²) in [7, 11) is 0. The second-order valence-electron chi connectivity index (χ2n) is 4.73. The van der Waals surface area contributed by atoms with Crippen molar-refractivity contribution in [1.82, 2.24) is 14.5 Å². The van der Waals surface area contributed by atoms with E-state index in [9.17, 15) is 4.79 Å². The Morgan fingerprint density at radius 2 is 2.30 bits per heavy atom. The van der Waals surface area contributed by atoms with Gasteiger partial charge in [-0.25, -0.2) is 9.97 Å². The van der Waals surface area contributed by atoms with E-state index < -0.39 is 0 Å². The zero-order valence-corrected chi connectivity index (χ0v) is 12.8. The van der Waals surface area contributed by atoms with Crippen LogP contribution in [0.1, 0.15) is 38.9 Å². The summed E-state index contributed by atoms with van der Waals surface area (Å²) in [5, 5.41) is 2.93. The fraction of sp³-hybridized carbons (Fsp3) is 0.500. The molecule has 2 aromatic heterocycles. The number of hydrogen-bond acceptors (Lipinski definition) is 5. The van der Waals surface area contributed by atoms with Gasteiger partial charge in [0.2, 0.25) is 0 Å². The summed E-state index contributed by atoms with van der Waals surface area (Å²) in [6.45, 7) is 6.46. The Labute approximate surface area is 122 Å². The van der Waals surface area contributed by atoms with Crippen LogP contribution in [0.15, 0.2) is 17.9 Å². The summed E-state index contributed by atoms with van der Waals surface area (Å²) in [6, 6.07) is 0.347. The Kier molecular flexibility index (Phi) is 4.89. The molecule has 0 fully saturated rings. The zero-order valence-electron chi connectivity index (χ0n) is 12.0. The topological polar surface area (TPSA) is 57.0 Å². The highest BCUT2D eigenvalue weighted by atomic mass is 32.1.